The van der Waals surface area contributed by atoms with Crippen LogP contribution in [0.15, 0.2) is 12.3 Å². The van der Waals surface area contributed by atoms with Gasteiger partial charge < -0.3 is 10.4 Å². The Bertz CT molecular complexity index is 413. The van der Waals surface area contributed by atoms with Gasteiger partial charge in [0.25, 0.3) is 0 Å². The SMILES string of the molecule is OCCC1(CNc2ccnc(C3CC3)n2)CCC1. The molecule has 2 saturated carbocycles. The number of rotatable bonds is 6. The molecule has 2 N–H and O–H groups in total. The summed E-state index contributed by atoms with van der Waals surface area (Å²) < 4.78 is 0. The first-order valence-corrected chi connectivity index (χ1v) is 6.99. The van der Waals surface area contributed by atoms with Crippen LogP contribution in [-0.2, 0) is 0 Å². The van der Waals surface area contributed by atoms with Crippen molar-refractivity contribution in [2.24, 2.45) is 5.41 Å². The number of hydrogen-bond acceptors (Lipinski definition) is 4. The molecule has 18 heavy (non-hydrogen) atoms. The lowest BCUT2D eigenvalue weighted by atomic mass is 9.67. The van der Waals surface area contributed by atoms with Gasteiger partial charge in [0.2, 0.25) is 0 Å². The van der Waals surface area contributed by atoms with Crippen LogP contribution in [0.4, 0.5) is 5.82 Å². The molecule has 0 spiro atoms. The zero-order valence-electron chi connectivity index (χ0n) is 10.7. The summed E-state index contributed by atoms with van der Waals surface area (Å²) in [4.78, 5) is 8.90. The average Bonchev–Trinajstić information content (AvgIpc) is 3.17. The van der Waals surface area contributed by atoms with Crippen molar-refractivity contribution < 1.29 is 5.11 Å². The van der Waals surface area contributed by atoms with Gasteiger partial charge >= 0.3 is 0 Å². The summed E-state index contributed by atoms with van der Waals surface area (Å²) in [6.07, 6.45) is 8.96. The Morgan fingerprint density at radius 3 is 2.83 bits per heavy atom. The number of hydrogen-bond donors (Lipinski definition) is 2. The Hall–Kier alpha value is -1.16. The lowest BCUT2D eigenvalue weighted by molar-refractivity contribution is 0.101. The first-order valence-electron chi connectivity index (χ1n) is 6.99. The molecule has 0 amide bonds. The molecule has 1 aromatic heterocycles. The highest BCUT2D eigenvalue weighted by atomic mass is 16.3. The summed E-state index contributed by atoms with van der Waals surface area (Å²) in [5.41, 5.74) is 0.305. The van der Waals surface area contributed by atoms with E-state index < -0.39 is 0 Å². The molecule has 1 heterocycles. The minimum absolute atomic E-state index is 0.290. The predicted octanol–water partition coefficient (Wildman–Crippen LogP) is 2.32. The molecular weight excluding hydrogens is 226 g/mol. The maximum atomic E-state index is 9.14. The molecule has 4 heteroatoms. The second-order valence-corrected chi connectivity index (χ2v) is 5.76. The van der Waals surface area contributed by atoms with Crippen molar-refractivity contribution in [1.29, 1.82) is 0 Å². The van der Waals surface area contributed by atoms with Crippen molar-refractivity contribution in [3.63, 3.8) is 0 Å². The van der Waals surface area contributed by atoms with Crippen molar-refractivity contribution >= 4 is 5.82 Å². The van der Waals surface area contributed by atoms with E-state index in [0.29, 0.717) is 17.9 Å². The van der Waals surface area contributed by atoms with Gasteiger partial charge in [-0.25, -0.2) is 9.97 Å². The van der Waals surface area contributed by atoms with Gasteiger partial charge in [-0.3, -0.25) is 0 Å². The van der Waals surface area contributed by atoms with Gasteiger partial charge in [-0.15, -0.1) is 0 Å². The summed E-state index contributed by atoms with van der Waals surface area (Å²) in [5.74, 6) is 2.53. The fraction of sp³-hybridized carbons (Fsp3) is 0.714. The summed E-state index contributed by atoms with van der Waals surface area (Å²) in [6, 6.07) is 1.94. The standard InChI is InChI=1S/C14H21N3O/c18-9-7-14(5-1-6-14)10-16-12-4-8-15-13(17-12)11-2-3-11/h4,8,11,18H,1-3,5-7,9-10H2,(H,15,16,17). The number of aromatic nitrogens is 2. The van der Waals surface area contributed by atoms with Crippen LogP contribution < -0.4 is 5.32 Å². The lowest BCUT2D eigenvalue weighted by Gasteiger charge is -2.42. The maximum absolute atomic E-state index is 9.14. The molecule has 0 aliphatic heterocycles. The van der Waals surface area contributed by atoms with Gasteiger partial charge in [0.15, 0.2) is 0 Å². The molecule has 0 aromatic carbocycles. The van der Waals surface area contributed by atoms with E-state index in [1.165, 1.54) is 32.1 Å². The molecule has 0 atom stereocenters. The van der Waals surface area contributed by atoms with Crippen molar-refractivity contribution in [1.82, 2.24) is 9.97 Å². The number of nitrogens with zero attached hydrogens (tertiary/aromatic N) is 2. The fourth-order valence-corrected chi connectivity index (χ4v) is 2.72. The maximum Gasteiger partial charge on any atom is 0.133 e. The number of anilines is 1. The Labute approximate surface area is 108 Å². The summed E-state index contributed by atoms with van der Waals surface area (Å²) in [7, 11) is 0. The molecule has 1 aromatic rings. The fourth-order valence-electron chi connectivity index (χ4n) is 2.72. The average molecular weight is 247 g/mol. The van der Waals surface area contributed by atoms with Crippen LogP contribution >= 0.6 is 0 Å². The van der Waals surface area contributed by atoms with Gasteiger partial charge in [0, 0.05) is 25.3 Å². The number of aliphatic hydroxyl groups is 1. The molecule has 3 rings (SSSR count). The zero-order valence-corrected chi connectivity index (χ0v) is 10.7. The molecule has 2 aliphatic rings. The summed E-state index contributed by atoms with van der Waals surface area (Å²) in [5, 5.41) is 12.6. The quantitative estimate of drug-likeness (QED) is 0.810. The van der Waals surface area contributed by atoms with Crippen molar-refractivity contribution in [2.45, 2.75) is 44.4 Å². The highest BCUT2D eigenvalue weighted by Crippen LogP contribution is 2.43. The molecule has 98 valence electrons. The number of nitrogens with one attached hydrogen (secondary N) is 1. The van der Waals surface area contributed by atoms with E-state index in [9.17, 15) is 0 Å². The molecule has 2 aliphatic carbocycles. The second kappa shape index (κ2) is 4.84. The molecule has 0 bridgehead atoms. The smallest absolute Gasteiger partial charge is 0.133 e. The first-order chi connectivity index (χ1) is 8.81. The van der Waals surface area contributed by atoms with Gasteiger partial charge in [-0.05, 0) is 43.6 Å². The molecule has 2 fully saturated rings. The van der Waals surface area contributed by atoms with E-state index in [-0.39, 0.29) is 0 Å². The monoisotopic (exact) mass is 247 g/mol. The Kier molecular flexibility index (Phi) is 3.20. The van der Waals surface area contributed by atoms with Crippen molar-refractivity contribution in [3.05, 3.63) is 18.1 Å². The van der Waals surface area contributed by atoms with E-state index in [0.717, 1.165) is 24.6 Å². The third-order valence-electron chi connectivity index (χ3n) is 4.32. The van der Waals surface area contributed by atoms with Crippen LogP contribution in [0.25, 0.3) is 0 Å². The van der Waals surface area contributed by atoms with E-state index in [1.807, 2.05) is 12.3 Å². The van der Waals surface area contributed by atoms with Gasteiger partial charge in [-0.2, -0.15) is 0 Å². The predicted molar refractivity (Wildman–Crippen MR) is 70.5 cm³/mol. The van der Waals surface area contributed by atoms with E-state index in [2.05, 4.69) is 15.3 Å². The summed E-state index contributed by atoms with van der Waals surface area (Å²) in [6.45, 7) is 1.22. The third kappa shape index (κ3) is 2.48. The normalized spacial score (nSPS) is 21.4. The van der Waals surface area contributed by atoms with Gasteiger partial charge in [0.05, 0.1) is 0 Å². The van der Waals surface area contributed by atoms with E-state index in [4.69, 9.17) is 5.11 Å². The second-order valence-electron chi connectivity index (χ2n) is 5.76. The van der Waals surface area contributed by atoms with Gasteiger partial charge in [0.1, 0.15) is 11.6 Å². The minimum atomic E-state index is 0.290. The first kappa shape index (κ1) is 11.9. The molecular formula is C14H21N3O. The van der Waals surface area contributed by atoms with E-state index >= 15 is 0 Å². The van der Waals surface area contributed by atoms with Crippen LogP contribution in [0, 0.1) is 5.41 Å². The van der Waals surface area contributed by atoms with Crippen LogP contribution in [0.5, 0.6) is 0 Å². The topological polar surface area (TPSA) is 58.0 Å². The summed E-state index contributed by atoms with van der Waals surface area (Å²) >= 11 is 0. The van der Waals surface area contributed by atoms with Crippen molar-refractivity contribution in [2.75, 3.05) is 18.5 Å². The molecule has 0 unspecified atom stereocenters. The largest absolute Gasteiger partial charge is 0.396 e. The number of aliphatic hydroxyl groups excluding tert-OH is 1. The van der Waals surface area contributed by atoms with Gasteiger partial charge in [-0.1, -0.05) is 6.42 Å². The van der Waals surface area contributed by atoms with Crippen LogP contribution in [0.2, 0.25) is 0 Å². The Morgan fingerprint density at radius 1 is 1.39 bits per heavy atom. The Morgan fingerprint density at radius 2 is 2.22 bits per heavy atom. The third-order valence-corrected chi connectivity index (χ3v) is 4.32. The highest BCUT2D eigenvalue weighted by molar-refractivity contribution is 5.34. The highest BCUT2D eigenvalue weighted by Gasteiger charge is 2.36. The van der Waals surface area contributed by atoms with E-state index in [1.54, 1.807) is 0 Å². The van der Waals surface area contributed by atoms with Crippen LogP contribution in [0.1, 0.15) is 50.3 Å². The Balaban J connectivity index is 1.60. The zero-order chi connectivity index (χ0) is 12.4. The lowest BCUT2D eigenvalue weighted by Crippen LogP contribution is -2.37. The van der Waals surface area contributed by atoms with Crippen molar-refractivity contribution in [3.8, 4) is 0 Å². The van der Waals surface area contributed by atoms with Crippen LogP contribution in [-0.4, -0.2) is 28.2 Å². The minimum Gasteiger partial charge on any atom is -0.396 e. The molecule has 0 radical (unpaired) electrons. The van der Waals surface area contributed by atoms with Crippen LogP contribution in [0.3, 0.4) is 0 Å². The molecule has 4 nitrogen and oxygen atoms in total. The molecule has 0 saturated heterocycles.